The molecular formula is C12H16F3NO. The van der Waals surface area contributed by atoms with Gasteiger partial charge in [-0.1, -0.05) is 13.8 Å². The minimum absolute atomic E-state index is 0.101. The van der Waals surface area contributed by atoms with E-state index in [0.29, 0.717) is 12.1 Å². The summed E-state index contributed by atoms with van der Waals surface area (Å²) in [5.41, 5.74) is 0.303. The van der Waals surface area contributed by atoms with Crippen LogP contribution in [0.15, 0.2) is 12.1 Å². The van der Waals surface area contributed by atoms with Crippen molar-refractivity contribution >= 4 is 0 Å². The van der Waals surface area contributed by atoms with Crippen LogP contribution < -0.4 is 5.32 Å². The fourth-order valence-corrected chi connectivity index (χ4v) is 1.31. The van der Waals surface area contributed by atoms with Gasteiger partial charge in [-0.2, -0.15) is 0 Å². The van der Waals surface area contributed by atoms with Crippen LogP contribution in [0.1, 0.15) is 19.4 Å². The summed E-state index contributed by atoms with van der Waals surface area (Å²) < 4.78 is 38.4. The van der Waals surface area contributed by atoms with Crippen molar-refractivity contribution in [3.63, 3.8) is 0 Å². The second kappa shape index (κ2) is 6.02. The summed E-state index contributed by atoms with van der Waals surface area (Å²) in [5, 5.41) is 12.3. The Bertz CT molecular complexity index is 359. The normalized spacial score (nSPS) is 13.1. The number of hydrogen-bond acceptors (Lipinski definition) is 2. The van der Waals surface area contributed by atoms with E-state index in [4.69, 9.17) is 0 Å². The molecule has 2 N–H and O–H groups in total. The third-order valence-corrected chi connectivity index (χ3v) is 2.50. The predicted molar refractivity (Wildman–Crippen MR) is 58.9 cm³/mol. The quantitative estimate of drug-likeness (QED) is 0.782. The Morgan fingerprint density at radius 2 is 1.71 bits per heavy atom. The van der Waals surface area contributed by atoms with Gasteiger partial charge < -0.3 is 10.4 Å². The Morgan fingerprint density at radius 1 is 1.18 bits per heavy atom. The van der Waals surface area contributed by atoms with E-state index in [0.717, 1.165) is 12.1 Å². The van der Waals surface area contributed by atoms with E-state index in [1.807, 2.05) is 13.8 Å². The molecule has 1 unspecified atom stereocenters. The van der Waals surface area contributed by atoms with Gasteiger partial charge in [0.05, 0.1) is 6.10 Å². The highest BCUT2D eigenvalue weighted by atomic mass is 19.2. The minimum Gasteiger partial charge on any atom is -0.392 e. The van der Waals surface area contributed by atoms with Gasteiger partial charge in [0.1, 0.15) is 0 Å². The molecule has 0 bridgehead atoms. The minimum atomic E-state index is -1.46. The molecule has 0 heterocycles. The van der Waals surface area contributed by atoms with Gasteiger partial charge in [0.2, 0.25) is 0 Å². The zero-order valence-corrected chi connectivity index (χ0v) is 9.80. The maximum atomic E-state index is 12.9. The van der Waals surface area contributed by atoms with Crippen LogP contribution in [0, 0.1) is 23.4 Å². The van der Waals surface area contributed by atoms with Crippen molar-refractivity contribution in [1.82, 2.24) is 5.32 Å². The van der Waals surface area contributed by atoms with Gasteiger partial charge >= 0.3 is 0 Å². The standard InChI is InChI=1S/C12H16F3NO/c1-7(2)11(17)6-16-5-8-3-9(13)12(15)10(14)4-8/h3-4,7,11,16-17H,5-6H2,1-2H3. The van der Waals surface area contributed by atoms with Crippen molar-refractivity contribution in [1.29, 1.82) is 0 Å². The van der Waals surface area contributed by atoms with Gasteiger partial charge in [-0.15, -0.1) is 0 Å². The Hall–Kier alpha value is -1.07. The molecular weight excluding hydrogens is 231 g/mol. The number of halogens is 3. The molecule has 0 amide bonds. The summed E-state index contributed by atoms with van der Waals surface area (Å²) in [6.45, 7) is 4.23. The SMILES string of the molecule is CC(C)C(O)CNCc1cc(F)c(F)c(F)c1. The number of aliphatic hydroxyl groups is 1. The van der Waals surface area contributed by atoms with Crippen LogP contribution >= 0.6 is 0 Å². The van der Waals surface area contributed by atoms with E-state index in [1.165, 1.54) is 0 Å². The first kappa shape index (κ1) is 14.0. The van der Waals surface area contributed by atoms with Crippen LogP contribution in [0.5, 0.6) is 0 Å². The smallest absolute Gasteiger partial charge is 0.194 e. The molecule has 0 aliphatic rings. The summed E-state index contributed by atoms with van der Waals surface area (Å²) in [4.78, 5) is 0. The maximum absolute atomic E-state index is 12.9. The maximum Gasteiger partial charge on any atom is 0.194 e. The Kier molecular flexibility index (Phi) is 4.96. The molecule has 1 rings (SSSR count). The molecule has 1 aromatic carbocycles. The van der Waals surface area contributed by atoms with Crippen LogP contribution in [0.4, 0.5) is 13.2 Å². The topological polar surface area (TPSA) is 32.3 Å². The van der Waals surface area contributed by atoms with E-state index in [-0.39, 0.29) is 12.5 Å². The van der Waals surface area contributed by atoms with E-state index in [9.17, 15) is 18.3 Å². The van der Waals surface area contributed by atoms with E-state index < -0.39 is 23.6 Å². The first-order valence-corrected chi connectivity index (χ1v) is 5.44. The lowest BCUT2D eigenvalue weighted by Gasteiger charge is -2.15. The zero-order chi connectivity index (χ0) is 13.0. The highest BCUT2D eigenvalue weighted by Gasteiger charge is 2.11. The summed E-state index contributed by atoms with van der Waals surface area (Å²) in [5.74, 6) is -3.77. The lowest BCUT2D eigenvalue weighted by Crippen LogP contribution is -2.30. The van der Waals surface area contributed by atoms with Gasteiger partial charge in [0.15, 0.2) is 17.5 Å². The molecule has 0 fully saturated rings. The monoisotopic (exact) mass is 247 g/mol. The Labute approximate surface area is 98.5 Å². The molecule has 5 heteroatoms. The molecule has 0 aliphatic carbocycles. The van der Waals surface area contributed by atoms with Crippen molar-refractivity contribution < 1.29 is 18.3 Å². The first-order chi connectivity index (χ1) is 7.91. The number of rotatable bonds is 5. The van der Waals surface area contributed by atoms with E-state index in [1.54, 1.807) is 0 Å². The Morgan fingerprint density at radius 3 is 2.18 bits per heavy atom. The largest absolute Gasteiger partial charge is 0.392 e. The van der Waals surface area contributed by atoms with E-state index in [2.05, 4.69) is 5.32 Å². The van der Waals surface area contributed by atoms with E-state index >= 15 is 0 Å². The van der Waals surface area contributed by atoms with Crippen LogP contribution in [0.2, 0.25) is 0 Å². The van der Waals surface area contributed by atoms with Crippen molar-refractivity contribution in [2.75, 3.05) is 6.54 Å². The molecule has 0 spiro atoms. The number of hydrogen-bond donors (Lipinski definition) is 2. The molecule has 1 aromatic rings. The third-order valence-electron chi connectivity index (χ3n) is 2.50. The summed E-state index contributed by atoms with van der Waals surface area (Å²) in [7, 11) is 0. The second-order valence-electron chi connectivity index (χ2n) is 4.32. The van der Waals surface area contributed by atoms with Crippen LogP contribution in [-0.2, 0) is 6.54 Å². The summed E-state index contributed by atoms with van der Waals surface area (Å²) in [6, 6.07) is 1.88. The fourth-order valence-electron chi connectivity index (χ4n) is 1.31. The number of aliphatic hydroxyl groups excluding tert-OH is 1. The van der Waals surface area contributed by atoms with Crippen LogP contribution in [0.25, 0.3) is 0 Å². The molecule has 17 heavy (non-hydrogen) atoms. The first-order valence-electron chi connectivity index (χ1n) is 5.44. The van der Waals surface area contributed by atoms with Crippen LogP contribution in [0.3, 0.4) is 0 Å². The molecule has 0 radical (unpaired) electrons. The highest BCUT2D eigenvalue weighted by Crippen LogP contribution is 2.13. The lowest BCUT2D eigenvalue weighted by atomic mass is 10.1. The predicted octanol–water partition coefficient (Wildman–Crippen LogP) is 2.21. The number of nitrogens with one attached hydrogen (secondary N) is 1. The highest BCUT2D eigenvalue weighted by molar-refractivity contribution is 5.19. The summed E-state index contributed by atoms with van der Waals surface area (Å²) in [6.07, 6.45) is -0.523. The van der Waals surface area contributed by atoms with Crippen molar-refractivity contribution in [2.24, 2.45) is 5.92 Å². The fraction of sp³-hybridized carbons (Fsp3) is 0.500. The molecule has 0 aromatic heterocycles. The van der Waals surface area contributed by atoms with Gasteiger partial charge in [-0.05, 0) is 23.6 Å². The molecule has 1 atom stereocenters. The average Bonchev–Trinajstić information content (AvgIpc) is 2.25. The van der Waals surface area contributed by atoms with Gasteiger partial charge in [-0.3, -0.25) is 0 Å². The van der Waals surface area contributed by atoms with Crippen molar-refractivity contribution in [2.45, 2.75) is 26.5 Å². The average molecular weight is 247 g/mol. The number of benzene rings is 1. The Balaban J connectivity index is 2.53. The van der Waals surface area contributed by atoms with Crippen molar-refractivity contribution in [3.8, 4) is 0 Å². The lowest BCUT2D eigenvalue weighted by molar-refractivity contribution is 0.123. The van der Waals surface area contributed by atoms with Crippen LogP contribution in [-0.4, -0.2) is 17.8 Å². The second-order valence-corrected chi connectivity index (χ2v) is 4.32. The third kappa shape index (κ3) is 4.02. The molecule has 0 saturated heterocycles. The zero-order valence-electron chi connectivity index (χ0n) is 9.80. The van der Waals surface area contributed by atoms with Gasteiger partial charge in [0, 0.05) is 13.1 Å². The van der Waals surface area contributed by atoms with Gasteiger partial charge in [0.25, 0.3) is 0 Å². The molecule has 0 saturated carbocycles. The molecule has 96 valence electrons. The summed E-state index contributed by atoms with van der Waals surface area (Å²) >= 11 is 0. The van der Waals surface area contributed by atoms with Crippen molar-refractivity contribution in [3.05, 3.63) is 35.1 Å². The van der Waals surface area contributed by atoms with Gasteiger partial charge in [-0.25, -0.2) is 13.2 Å². The molecule has 0 aliphatic heterocycles. The molecule has 2 nitrogen and oxygen atoms in total.